The maximum absolute atomic E-state index is 6.04. The summed E-state index contributed by atoms with van der Waals surface area (Å²) in [5.41, 5.74) is 15.2. The number of aryl methyl sites for hydroxylation is 1. The highest BCUT2D eigenvalue weighted by Crippen LogP contribution is 2.38. The third kappa shape index (κ3) is 3.39. The van der Waals surface area contributed by atoms with Gasteiger partial charge in [0.05, 0.1) is 36.4 Å². The van der Waals surface area contributed by atoms with E-state index in [-0.39, 0.29) is 12.1 Å². The van der Waals surface area contributed by atoms with Gasteiger partial charge in [-0.2, -0.15) is 5.10 Å². The van der Waals surface area contributed by atoms with Crippen molar-refractivity contribution in [3.8, 4) is 0 Å². The van der Waals surface area contributed by atoms with Gasteiger partial charge < -0.3 is 16.0 Å². The number of hydrogen-bond acceptors (Lipinski definition) is 8. The number of hydrazine groups is 1. The molecule has 3 aliphatic heterocycles. The second-order valence-electron chi connectivity index (χ2n) is 8.31. The van der Waals surface area contributed by atoms with Crippen molar-refractivity contribution in [3.05, 3.63) is 36.0 Å². The van der Waals surface area contributed by atoms with Crippen molar-refractivity contribution in [2.75, 3.05) is 24.5 Å². The SMILES string of the molecule is Cn1cc(C2NNC3CNC(c4cncc(N5CCC(N)CC5)n4)CC32)cn1. The minimum atomic E-state index is 0.210. The first-order valence-electron chi connectivity index (χ1n) is 10.2. The van der Waals surface area contributed by atoms with Gasteiger partial charge in [0.15, 0.2) is 0 Å². The molecule has 4 unspecified atom stereocenters. The molecule has 150 valence electrons. The molecule has 3 aliphatic rings. The highest BCUT2D eigenvalue weighted by Gasteiger charge is 2.42. The molecule has 5 N–H and O–H groups in total. The van der Waals surface area contributed by atoms with E-state index in [1.807, 2.05) is 30.3 Å². The fraction of sp³-hybridized carbons (Fsp3) is 0.632. The summed E-state index contributed by atoms with van der Waals surface area (Å²) in [5, 5.41) is 8.00. The molecule has 0 aliphatic carbocycles. The van der Waals surface area contributed by atoms with E-state index >= 15 is 0 Å². The highest BCUT2D eigenvalue weighted by molar-refractivity contribution is 5.37. The lowest BCUT2D eigenvalue weighted by Gasteiger charge is -2.34. The Hall–Kier alpha value is -2.07. The van der Waals surface area contributed by atoms with Crippen LogP contribution < -0.4 is 26.8 Å². The van der Waals surface area contributed by atoms with Gasteiger partial charge in [0, 0.05) is 50.5 Å². The van der Waals surface area contributed by atoms with Crippen LogP contribution in [-0.2, 0) is 7.05 Å². The number of rotatable bonds is 3. The Morgan fingerprint density at radius 3 is 2.79 bits per heavy atom. The lowest BCUT2D eigenvalue weighted by Crippen LogP contribution is -2.46. The molecule has 2 aromatic heterocycles. The second kappa shape index (κ2) is 7.40. The van der Waals surface area contributed by atoms with Crippen LogP contribution in [0, 0.1) is 5.92 Å². The van der Waals surface area contributed by atoms with Gasteiger partial charge in [-0.1, -0.05) is 0 Å². The molecule has 4 atom stereocenters. The van der Waals surface area contributed by atoms with Gasteiger partial charge in [-0.25, -0.2) is 10.4 Å². The zero-order valence-corrected chi connectivity index (χ0v) is 16.3. The van der Waals surface area contributed by atoms with Crippen molar-refractivity contribution >= 4 is 5.82 Å². The molecule has 9 heteroatoms. The summed E-state index contributed by atoms with van der Waals surface area (Å²) in [6, 6.07) is 1.20. The predicted molar refractivity (Wildman–Crippen MR) is 106 cm³/mol. The second-order valence-corrected chi connectivity index (χ2v) is 8.31. The molecule has 9 nitrogen and oxygen atoms in total. The number of nitrogens with zero attached hydrogens (tertiary/aromatic N) is 5. The summed E-state index contributed by atoms with van der Waals surface area (Å²) in [7, 11) is 1.96. The van der Waals surface area contributed by atoms with Crippen molar-refractivity contribution in [2.45, 2.75) is 43.4 Å². The van der Waals surface area contributed by atoms with Gasteiger partial charge >= 0.3 is 0 Å². The number of nitrogens with two attached hydrogens (primary N) is 1. The molecular weight excluding hydrogens is 354 g/mol. The highest BCUT2D eigenvalue weighted by atomic mass is 15.4. The molecule has 28 heavy (non-hydrogen) atoms. The Balaban J connectivity index is 1.32. The molecule has 0 spiro atoms. The quantitative estimate of drug-likeness (QED) is 0.587. The van der Waals surface area contributed by atoms with Gasteiger partial charge in [-0.05, 0) is 25.2 Å². The molecule has 0 saturated carbocycles. The summed E-state index contributed by atoms with van der Waals surface area (Å²) >= 11 is 0. The zero-order valence-electron chi connectivity index (χ0n) is 16.3. The molecule has 3 saturated heterocycles. The van der Waals surface area contributed by atoms with Crippen LogP contribution in [0.15, 0.2) is 24.8 Å². The number of anilines is 1. The van der Waals surface area contributed by atoms with E-state index in [0.29, 0.717) is 18.0 Å². The van der Waals surface area contributed by atoms with Crippen LogP contribution in [0.3, 0.4) is 0 Å². The van der Waals surface area contributed by atoms with Crippen LogP contribution in [0.4, 0.5) is 5.82 Å². The molecule has 3 fully saturated rings. The summed E-state index contributed by atoms with van der Waals surface area (Å²) in [5.74, 6) is 1.45. The third-order valence-electron chi connectivity index (χ3n) is 6.41. The van der Waals surface area contributed by atoms with Crippen LogP contribution in [0.5, 0.6) is 0 Å². The maximum Gasteiger partial charge on any atom is 0.147 e. The average Bonchev–Trinajstić information content (AvgIpc) is 3.34. The van der Waals surface area contributed by atoms with E-state index in [2.05, 4.69) is 37.3 Å². The van der Waals surface area contributed by atoms with Gasteiger partial charge in [-0.3, -0.25) is 15.1 Å². The van der Waals surface area contributed by atoms with Crippen LogP contribution in [0.1, 0.15) is 42.6 Å². The number of piperidine rings is 2. The molecule has 0 amide bonds. The zero-order chi connectivity index (χ0) is 19.1. The first-order chi connectivity index (χ1) is 13.7. The fourth-order valence-electron chi connectivity index (χ4n) is 4.75. The Kier molecular flexibility index (Phi) is 4.75. The maximum atomic E-state index is 6.04. The number of hydrogen-bond donors (Lipinski definition) is 4. The van der Waals surface area contributed by atoms with Gasteiger partial charge in [0.25, 0.3) is 0 Å². The van der Waals surface area contributed by atoms with Crippen LogP contribution in [0.2, 0.25) is 0 Å². The lowest BCUT2D eigenvalue weighted by molar-refractivity contribution is 0.263. The minimum absolute atomic E-state index is 0.210. The number of nitrogens with one attached hydrogen (secondary N) is 3. The van der Waals surface area contributed by atoms with E-state index in [1.54, 1.807) is 0 Å². The molecular formula is C19H29N9. The first-order valence-corrected chi connectivity index (χ1v) is 10.2. The van der Waals surface area contributed by atoms with Gasteiger partial charge in [0.1, 0.15) is 5.82 Å². The molecule has 2 aromatic rings. The van der Waals surface area contributed by atoms with Crippen LogP contribution >= 0.6 is 0 Å². The third-order valence-corrected chi connectivity index (χ3v) is 6.41. The van der Waals surface area contributed by atoms with E-state index in [9.17, 15) is 0 Å². The monoisotopic (exact) mass is 383 g/mol. The summed E-state index contributed by atoms with van der Waals surface area (Å²) in [4.78, 5) is 11.8. The topological polar surface area (TPSA) is 109 Å². The van der Waals surface area contributed by atoms with Gasteiger partial charge in [0.2, 0.25) is 0 Å². The van der Waals surface area contributed by atoms with Crippen LogP contribution in [-0.4, -0.2) is 51.5 Å². The summed E-state index contributed by atoms with van der Waals surface area (Å²) in [6.07, 6.45) is 10.9. The van der Waals surface area contributed by atoms with Crippen molar-refractivity contribution in [1.29, 1.82) is 0 Å². The van der Waals surface area contributed by atoms with E-state index < -0.39 is 0 Å². The van der Waals surface area contributed by atoms with Crippen molar-refractivity contribution < 1.29 is 0 Å². The molecule has 0 radical (unpaired) electrons. The first kappa shape index (κ1) is 18.0. The van der Waals surface area contributed by atoms with E-state index in [1.165, 1.54) is 5.56 Å². The Morgan fingerprint density at radius 2 is 2.00 bits per heavy atom. The largest absolute Gasteiger partial charge is 0.355 e. The van der Waals surface area contributed by atoms with Crippen LogP contribution in [0.25, 0.3) is 0 Å². The average molecular weight is 384 g/mol. The van der Waals surface area contributed by atoms with Crippen molar-refractivity contribution in [2.24, 2.45) is 18.7 Å². The normalized spacial score (nSPS) is 31.1. The number of fused-ring (bicyclic) bond motifs is 1. The Morgan fingerprint density at radius 1 is 1.14 bits per heavy atom. The van der Waals surface area contributed by atoms with E-state index in [4.69, 9.17) is 10.7 Å². The lowest BCUT2D eigenvalue weighted by atomic mass is 9.82. The fourth-order valence-corrected chi connectivity index (χ4v) is 4.75. The van der Waals surface area contributed by atoms with Crippen molar-refractivity contribution in [1.82, 2.24) is 35.9 Å². The smallest absolute Gasteiger partial charge is 0.147 e. The molecule has 0 aromatic carbocycles. The number of aromatic nitrogens is 4. The van der Waals surface area contributed by atoms with Crippen molar-refractivity contribution in [3.63, 3.8) is 0 Å². The molecule has 5 heterocycles. The molecule has 5 rings (SSSR count). The minimum Gasteiger partial charge on any atom is -0.355 e. The molecule has 0 bridgehead atoms. The summed E-state index contributed by atoms with van der Waals surface area (Å²) in [6.45, 7) is 2.82. The van der Waals surface area contributed by atoms with E-state index in [0.717, 1.165) is 50.4 Å². The van der Waals surface area contributed by atoms with Gasteiger partial charge in [-0.15, -0.1) is 0 Å². The Bertz CT molecular complexity index is 813. The predicted octanol–water partition coefficient (Wildman–Crippen LogP) is 0.00590. The standard InChI is InChI=1S/C19H29N9/c1-27-11-12(7-23-27)19-14-6-15(22-9-16(14)25-26-19)17-8-21-10-18(24-17)28-4-2-13(20)3-5-28/h7-8,10-11,13-16,19,22,25-26H,2-6,9,20H2,1H3. The Labute approximate surface area is 165 Å². The summed E-state index contributed by atoms with van der Waals surface area (Å²) < 4.78 is 1.86.